The van der Waals surface area contributed by atoms with Crippen LogP contribution in [0.3, 0.4) is 0 Å². The number of aliphatic imine (C=N–C) groups is 1. The first-order valence-corrected chi connectivity index (χ1v) is 9.02. The van der Waals surface area contributed by atoms with Gasteiger partial charge in [0.05, 0.1) is 6.54 Å². The van der Waals surface area contributed by atoms with E-state index >= 15 is 0 Å². The summed E-state index contributed by atoms with van der Waals surface area (Å²) >= 11 is 0. The Hall–Kier alpha value is -2.04. The largest absolute Gasteiger partial charge is 0.362 e. The van der Waals surface area contributed by atoms with Crippen molar-refractivity contribution in [2.45, 2.75) is 45.6 Å². The van der Waals surface area contributed by atoms with Crippen molar-refractivity contribution < 1.29 is 0 Å². The molecular weight excluding hydrogens is 298 g/mol. The van der Waals surface area contributed by atoms with Crippen molar-refractivity contribution in [3.8, 4) is 0 Å². The Balaban J connectivity index is 1.91. The molecule has 0 saturated heterocycles. The van der Waals surface area contributed by atoms with Gasteiger partial charge in [0, 0.05) is 38.9 Å². The fraction of sp³-hybridized carbons (Fsp3) is 0.579. The van der Waals surface area contributed by atoms with Gasteiger partial charge >= 0.3 is 0 Å². The SMILES string of the molecule is CCNC(=NCc1cccnc1N(C)C)NCCC1=CCCCC1. The first kappa shape index (κ1) is 18.3. The highest BCUT2D eigenvalue weighted by Gasteiger charge is 2.06. The van der Waals surface area contributed by atoms with E-state index in [2.05, 4.69) is 34.7 Å². The van der Waals surface area contributed by atoms with Crippen LogP contribution >= 0.6 is 0 Å². The fourth-order valence-corrected chi connectivity index (χ4v) is 2.94. The Bertz CT molecular complexity index is 563. The van der Waals surface area contributed by atoms with Crippen molar-refractivity contribution in [1.82, 2.24) is 15.6 Å². The summed E-state index contributed by atoms with van der Waals surface area (Å²) in [5, 5.41) is 6.78. The zero-order valence-corrected chi connectivity index (χ0v) is 15.3. The summed E-state index contributed by atoms with van der Waals surface area (Å²) in [6.45, 7) is 4.52. The molecule has 0 saturated carbocycles. The van der Waals surface area contributed by atoms with E-state index in [0.29, 0.717) is 6.54 Å². The highest BCUT2D eigenvalue weighted by molar-refractivity contribution is 5.79. The van der Waals surface area contributed by atoms with E-state index < -0.39 is 0 Å². The molecule has 0 aromatic carbocycles. The monoisotopic (exact) mass is 329 g/mol. The highest BCUT2D eigenvalue weighted by atomic mass is 15.2. The number of hydrogen-bond donors (Lipinski definition) is 2. The second kappa shape index (κ2) is 9.96. The zero-order chi connectivity index (χ0) is 17.2. The molecule has 1 aromatic rings. The molecule has 0 radical (unpaired) electrons. The van der Waals surface area contributed by atoms with Gasteiger partial charge in [-0.05, 0) is 45.1 Å². The van der Waals surface area contributed by atoms with E-state index in [1.165, 1.54) is 25.7 Å². The van der Waals surface area contributed by atoms with Crippen LogP contribution in [0.5, 0.6) is 0 Å². The predicted molar refractivity (Wildman–Crippen MR) is 103 cm³/mol. The summed E-state index contributed by atoms with van der Waals surface area (Å²) in [7, 11) is 4.02. The van der Waals surface area contributed by atoms with E-state index in [1.54, 1.807) is 5.57 Å². The van der Waals surface area contributed by atoms with Gasteiger partial charge in [-0.2, -0.15) is 0 Å². The van der Waals surface area contributed by atoms with Gasteiger partial charge in [0.2, 0.25) is 0 Å². The third kappa shape index (κ3) is 5.87. The molecule has 1 aromatic heterocycles. The molecule has 1 heterocycles. The summed E-state index contributed by atoms with van der Waals surface area (Å²) in [5.74, 6) is 1.85. The predicted octanol–water partition coefficient (Wildman–Crippen LogP) is 3.09. The summed E-state index contributed by atoms with van der Waals surface area (Å²) in [5.41, 5.74) is 2.72. The van der Waals surface area contributed by atoms with Gasteiger partial charge in [-0.1, -0.05) is 17.7 Å². The fourth-order valence-electron chi connectivity index (χ4n) is 2.94. The van der Waals surface area contributed by atoms with Gasteiger partial charge < -0.3 is 15.5 Å². The average Bonchev–Trinajstić information content (AvgIpc) is 2.60. The summed E-state index contributed by atoms with van der Waals surface area (Å²) in [6.07, 6.45) is 10.5. The molecule has 0 aliphatic heterocycles. The van der Waals surface area contributed by atoms with Gasteiger partial charge in [-0.25, -0.2) is 9.98 Å². The lowest BCUT2D eigenvalue weighted by Crippen LogP contribution is -2.37. The maximum absolute atomic E-state index is 4.72. The van der Waals surface area contributed by atoms with Crippen molar-refractivity contribution >= 4 is 11.8 Å². The van der Waals surface area contributed by atoms with Crippen LogP contribution in [0, 0.1) is 0 Å². The van der Waals surface area contributed by atoms with Crippen molar-refractivity contribution in [3.05, 3.63) is 35.5 Å². The van der Waals surface area contributed by atoms with Crippen LogP contribution < -0.4 is 15.5 Å². The van der Waals surface area contributed by atoms with Gasteiger partial charge in [-0.15, -0.1) is 0 Å². The van der Waals surface area contributed by atoms with Crippen molar-refractivity contribution in [3.63, 3.8) is 0 Å². The number of guanidine groups is 1. The van der Waals surface area contributed by atoms with Crippen LogP contribution in [0.2, 0.25) is 0 Å². The molecule has 0 bridgehead atoms. The Morgan fingerprint density at radius 1 is 1.29 bits per heavy atom. The van der Waals surface area contributed by atoms with Crippen LogP contribution in [0.25, 0.3) is 0 Å². The molecule has 1 aliphatic rings. The lowest BCUT2D eigenvalue weighted by Gasteiger charge is -2.16. The molecule has 5 nitrogen and oxygen atoms in total. The van der Waals surface area contributed by atoms with Crippen molar-refractivity contribution in [2.75, 3.05) is 32.1 Å². The van der Waals surface area contributed by atoms with Crippen LogP contribution in [-0.2, 0) is 6.54 Å². The van der Waals surface area contributed by atoms with E-state index in [1.807, 2.05) is 31.3 Å². The maximum atomic E-state index is 4.72. The van der Waals surface area contributed by atoms with E-state index in [-0.39, 0.29) is 0 Å². The molecule has 2 rings (SSSR count). The zero-order valence-electron chi connectivity index (χ0n) is 15.3. The molecule has 2 N–H and O–H groups in total. The minimum Gasteiger partial charge on any atom is -0.362 e. The van der Waals surface area contributed by atoms with E-state index in [0.717, 1.165) is 36.9 Å². The number of nitrogens with zero attached hydrogens (tertiary/aromatic N) is 3. The van der Waals surface area contributed by atoms with E-state index in [9.17, 15) is 0 Å². The third-order valence-electron chi connectivity index (χ3n) is 4.17. The number of pyridine rings is 1. The number of anilines is 1. The lowest BCUT2D eigenvalue weighted by molar-refractivity contribution is 0.665. The number of aromatic nitrogens is 1. The second-order valence-corrected chi connectivity index (χ2v) is 6.36. The molecule has 132 valence electrons. The van der Waals surface area contributed by atoms with Crippen LogP contribution in [-0.4, -0.2) is 38.1 Å². The van der Waals surface area contributed by atoms with Gasteiger partial charge in [-0.3, -0.25) is 0 Å². The van der Waals surface area contributed by atoms with Crippen molar-refractivity contribution in [1.29, 1.82) is 0 Å². The molecule has 0 atom stereocenters. The van der Waals surface area contributed by atoms with Crippen LogP contribution in [0.1, 0.15) is 44.6 Å². The quantitative estimate of drug-likeness (QED) is 0.458. The number of hydrogen-bond acceptors (Lipinski definition) is 3. The molecule has 0 unspecified atom stereocenters. The number of nitrogens with one attached hydrogen (secondary N) is 2. The molecular formula is C19H31N5. The highest BCUT2D eigenvalue weighted by Crippen LogP contribution is 2.19. The molecule has 24 heavy (non-hydrogen) atoms. The van der Waals surface area contributed by atoms with Gasteiger partial charge in [0.15, 0.2) is 5.96 Å². The van der Waals surface area contributed by atoms with Crippen molar-refractivity contribution in [2.24, 2.45) is 4.99 Å². The number of allylic oxidation sites excluding steroid dienone is 1. The van der Waals surface area contributed by atoms with E-state index in [4.69, 9.17) is 4.99 Å². The van der Waals surface area contributed by atoms with Crippen LogP contribution in [0.4, 0.5) is 5.82 Å². The minimum absolute atomic E-state index is 0.624. The topological polar surface area (TPSA) is 52.6 Å². The normalized spacial score (nSPS) is 15.0. The Labute approximate surface area is 146 Å². The summed E-state index contributed by atoms with van der Waals surface area (Å²) in [6, 6.07) is 4.05. The third-order valence-corrected chi connectivity index (χ3v) is 4.17. The first-order chi connectivity index (χ1) is 11.7. The average molecular weight is 329 g/mol. The van der Waals surface area contributed by atoms with Crippen LogP contribution in [0.15, 0.2) is 35.0 Å². The second-order valence-electron chi connectivity index (χ2n) is 6.36. The molecule has 0 fully saturated rings. The lowest BCUT2D eigenvalue weighted by atomic mass is 9.97. The standard InChI is InChI=1S/C19H31N5/c1-4-20-19(22-14-12-16-9-6-5-7-10-16)23-15-17-11-8-13-21-18(17)24(2)3/h8-9,11,13H,4-7,10,12,14-15H2,1-3H3,(H2,20,22,23). The molecule has 1 aliphatic carbocycles. The Morgan fingerprint density at radius 2 is 2.17 bits per heavy atom. The Kier molecular flexibility index (Phi) is 7.59. The Morgan fingerprint density at radius 3 is 2.88 bits per heavy atom. The molecule has 5 heteroatoms. The van der Waals surface area contributed by atoms with Gasteiger partial charge in [0.25, 0.3) is 0 Å². The molecule has 0 spiro atoms. The smallest absolute Gasteiger partial charge is 0.191 e. The molecule has 0 amide bonds. The summed E-state index contributed by atoms with van der Waals surface area (Å²) in [4.78, 5) is 11.2. The maximum Gasteiger partial charge on any atom is 0.191 e. The minimum atomic E-state index is 0.624. The van der Waals surface area contributed by atoms with Gasteiger partial charge in [0.1, 0.15) is 5.82 Å². The number of rotatable bonds is 7. The summed E-state index contributed by atoms with van der Waals surface area (Å²) < 4.78 is 0. The first-order valence-electron chi connectivity index (χ1n) is 9.02.